The van der Waals surface area contributed by atoms with Gasteiger partial charge in [0, 0.05) is 5.92 Å². The summed E-state index contributed by atoms with van der Waals surface area (Å²) in [5.41, 5.74) is -0.323. The highest BCUT2D eigenvalue weighted by atomic mass is 14.9. The predicted octanol–water partition coefficient (Wildman–Crippen LogP) is 2.22. The van der Waals surface area contributed by atoms with Crippen LogP contribution < -0.4 is 0 Å². The topological polar surface area (TPSA) is 14.1 Å². The Kier molecular flexibility index (Phi) is 2.14. The normalized spacial score (nSPS) is 22.9. The Morgan fingerprint density at radius 2 is 1.80 bits per heavy atom. The average molecular weight is 136 g/mol. The van der Waals surface area contributed by atoms with E-state index in [4.69, 9.17) is 0 Å². The number of rotatable bonds is 1. The van der Waals surface area contributed by atoms with E-state index >= 15 is 0 Å². The number of nitrogens with zero attached hydrogens (tertiary/aromatic N) is 1. The lowest BCUT2D eigenvalue weighted by Gasteiger charge is -2.35. The first-order chi connectivity index (χ1) is 4.61. The van der Waals surface area contributed by atoms with Gasteiger partial charge < -0.3 is 5.32 Å². The maximum atomic E-state index is 4.24. The Morgan fingerprint density at radius 1 is 1.30 bits per heavy atom. The van der Waals surface area contributed by atoms with Gasteiger partial charge >= 0.3 is 0 Å². The molecule has 0 amide bonds. The van der Waals surface area contributed by atoms with E-state index in [0.29, 0.717) is 0 Å². The van der Waals surface area contributed by atoms with E-state index in [9.17, 15) is 0 Å². The first-order valence-corrected chi connectivity index (χ1v) is 3.65. The van der Waals surface area contributed by atoms with Crippen molar-refractivity contribution < 1.29 is 0 Å². The van der Waals surface area contributed by atoms with Crippen LogP contribution in [0.25, 0.3) is 5.32 Å². The first kappa shape index (κ1) is 7.80. The summed E-state index contributed by atoms with van der Waals surface area (Å²) < 4.78 is 0. The van der Waals surface area contributed by atoms with Crippen molar-refractivity contribution in [2.45, 2.75) is 12.8 Å². The van der Waals surface area contributed by atoms with Crippen LogP contribution in [0.5, 0.6) is 0 Å². The molecule has 1 aliphatic heterocycles. The summed E-state index contributed by atoms with van der Waals surface area (Å²) in [5.74, 6) is 1.36. The summed E-state index contributed by atoms with van der Waals surface area (Å²) in [4.78, 5) is 0. The van der Waals surface area contributed by atoms with Crippen LogP contribution in [-0.4, -0.2) is 13.1 Å². The summed E-state index contributed by atoms with van der Waals surface area (Å²) >= 11 is 0. The van der Waals surface area contributed by atoms with Crippen LogP contribution in [0.4, 0.5) is 0 Å². The standard InChI is InChI=1S/C9H14N/c1-9(2,3)8-4-6-10-7-5-8/h1-7H2. The Hall–Kier alpha value is -0.300. The van der Waals surface area contributed by atoms with E-state index in [-0.39, 0.29) is 5.41 Å². The molecule has 1 heteroatoms. The number of piperidine rings is 1. The lowest BCUT2D eigenvalue weighted by molar-refractivity contribution is 0.518. The zero-order chi connectivity index (χ0) is 7.61. The second-order valence-corrected chi connectivity index (χ2v) is 3.05. The predicted molar refractivity (Wildman–Crippen MR) is 44.1 cm³/mol. The molecular weight excluding hydrogens is 122 g/mol. The average Bonchev–Trinajstić information content (AvgIpc) is 1.88. The quantitative estimate of drug-likeness (QED) is 0.491. The molecule has 0 N–H and O–H groups in total. The van der Waals surface area contributed by atoms with Crippen molar-refractivity contribution >= 4 is 0 Å². The van der Waals surface area contributed by atoms with Crippen molar-refractivity contribution in [3.63, 3.8) is 0 Å². The molecular formula is C9H14N. The van der Waals surface area contributed by atoms with Gasteiger partial charge in [0.1, 0.15) is 5.41 Å². The molecule has 1 aliphatic rings. The molecule has 0 unspecified atom stereocenters. The maximum Gasteiger partial charge on any atom is 0.124 e. The second kappa shape index (κ2) is 2.75. The van der Waals surface area contributed by atoms with Gasteiger partial charge in [-0.2, -0.15) is 0 Å². The van der Waals surface area contributed by atoms with Crippen molar-refractivity contribution in [2.24, 2.45) is 5.41 Å². The van der Waals surface area contributed by atoms with Gasteiger partial charge in [-0.05, 0) is 0 Å². The van der Waals surface area contributed by atoms with Gasteiger partial charge in [0.15, 0.2) is 0 Å². The fourth-order valence-electron chi connectivity index (χ4n) is 1.20. The molecule has 0 spiro atoms. The highest BCUT2D eigenvalue weighted by molar-refractivity contribution is 5.17. The molecule has 1 nitrogen and oxygen atoms in total. The summed E-state index contributed by atoms with van der Waals surface area (Å²) in [5, 5.41) is 4.24. The van der Waals surface area contributed by atoms with Crippen LogP contribution in [0, 0.1) is 32.1 Å². The molecule has 1 fully saturated rings. The molecule has 0 aliphatic carbocycles. The van der Waals surface area contributed by atoms with Crippen LogP contribution in [-0.2, 0) is 0 Å². The minimum atomic E-state index is -0.323. The summed E-state index contributed by atoms with van der Waals surface area (Å²) in [7, 11) is 0. The maximum absolute atomic E-state index is 4.24. The monoisotopic (exact) mass is 136 g/mol. The smallest absolute Gasteiger partial charge is 0.124 e. The molecule has 0 aromatic carbocycles. The van der Waals surface area contributed by atoms with Gasteiger partial charge in [0.05, 0.1) is 13.8 Å². The lowest BCUT2D eigenvalue weighted by Crippen LogP contribution is -2.24. The fraction of sp³-hybridized carbons (Fsp3) is 0.556. The molecule has 0 aromatic heterocycles. The van der Waals surface area contributed by atoms with Gasteiger partial charge in [-0.1, -0.05) is 12.8 Å². The Bertz CT molecular complexity index is 95.8. The molecule has 0 saturated carbocycles. The van der Waals surface area contributed by atoms with Gasteiger partial charge in [0.2, 0.25) is 0 Å². The van der Waals surface area contributed by atoms with E-state index in [2.05, 4.69) is 26.1 Å². The zero-order valence-electron chi connectivity index (χ0n) is 6.40. The van der Waals surface area contributed by atoms with Crippen molar-refractivity contribution in [1.29, 1.82) is 0 Å². The Labute approximate surface area is 64.2 Å². The Morgan fingerprint density at radius 3 is 2.10 bits per heavy atom. The van der Waals surface area contributed by atoms with E-state index in [1.54, 1.807) is 0 Å². The van der Waals surface area contributed by atoms with Crippen LogP contribution in [0.1, 0.15) is 12.8 Å². The van der Waals surface area contributed by atoms with E-state index in [0.717, 1.165) is 25.9 Å². The van der Waals surface area contributed by atoms with Gasteiger partial charge in [-0.25, -0.2) is 6.92 Å². The summed E-state index contributed by atoms with van der Waals surface area (Å²) in [6.07, 6.45) is 2.08. The van der Waals surface area contributed by atoms with Crippen molar-refractivity contribution in [3.8, 4) is 0 Å². The number of hydrogen-bond donors (Lipinski definition) is 0. The van der Waals surface area contributed by atoms with E-state index < -0.39 is 0 Å². The fourth-order valence-corrected chi connectivity index (χ4v) is 1.20. The van der Waals surface area contributed by atoms with Crippen LogP contribution in [0.15, 0.2) is 0 Å². The Balaban J connectivity index is 2.39. The van der Waals surface area contributed by atoms with Crippen molar-refractivity contribution in [1.82, 2.24) is 0 Å². The molecule has 1 saturated heterocycles. The SMILES string of the molecule is [CH2+]C([CH2+])([CH2-])[C]1CC[N-]CC1. The largest absolute Gasteiger partial charge is 0.662 e. The van der Waals surface area contributed by atoms with Gasteiger partial charge in [-0.3, -0.25) is 0 Å². The zero-order valence-corrected chi connectivity index (χ0v) is 6.40. The molecule has 55 valence electrons. The van der Waals surface area contributed by atoms with Gasteiger partial charge in [-0.15, -0.1) is 13.1 Å². The van der Waals surface area contributed by atoms with Gasteiger partial charge in [0.25, 0.3) is 0 Å². The first-order valence-electron chi connectivity index (χ1n) is 3.65. The molecule has 10 heavy (non-hydrogen) atoms. The second-order valence-electron chi connectivity index (χ2n) is 3.05. The minimum absolute atomic E-state index is 0.323. The van der Waals surface area contributed by atoms with Crippen LogP contribution in [0.3, 0.4) is 0 Å². The van der Waals surface area contributed by atoms with Crippen molar-refractivity contribution in [2.75, 3.05) is 13.1 Å². The molecule has 1 rings (SSSR count). The molecule has 1 radical (unpaired) electrons. The summed E-state index contributed by atoms with van der Waals surface area (Å²) in [6, 6.07) is 0. The molecule has 0 bridgehead atoms. The van der Waals surface area contributed by atoms with E-state index in [1.165, 1.54) is 5.92 Å². The van der Waals surface area contributed by atoms with Crippen molar-refractivity contribution in [3.05, 3.63) is 32.0 Å². The van der Waals surface area contributed by atoms with E-state index in [1.807, 2.05) is 0 Å². The lowest BCUT2D eigenvalue weighted by atomic mass is 9.76. The van der Waals surface area contributed by atoms with Crippen LogP contribution >= 0.6 is 0 Å². The third-order valence-electron chi connectivity index (χ3n) is 1.89. The minimum Gasteiger partial charge on any atom is -0.662 e. The highest BCUT2D eigenvalue weighted by Gasteiger charge is 2.30. The third-order valence-corrected chi connectivity index (χ3v) is 1.89. The highest BCUT2D eigenvalue weighted by Crippen LogP contribution is 2.35. The number of hydrogen-bond acceptors (Lipinski definition) is 0. The third kappa shape index (κ3) is 1.84. The molecule has 0 aromatic rings. The molecule has 1 heterocycles. The summed E-state index contributed by atoms with van der Waals surface area (Å²) in [6.45, 7) is 13.6. The van der Waals surface area contributed by atoms with Crippen LogP contribution in [0.2, 0.25) is 0 Å². The molecule has 0 atom stereocenters.